The first-order valence-electron chi connectivity index (χ1n) is 14.0. The van der Waals surface area contributed by atoms with Crippen molar-refractivity contribution < 1.29 is 18.3 Å². The van der Waals surface area contributed by atoms with Crippen molar-refractivity contribution in [2.75, 3.05) is 39.3 Å². The summed E-state index contributed by atoms with van der Waals surface area (Å²) >= 11 is 6.67. The van der Waals surface area contributed by atoms with Crippen LogP contribution in [0, 0.1) is 21.4 Å². The lowest BCUT2D eigenvalue weighted by molar-refractivity contribution is -0.0319. The van der Waals surface area contributed by atoms with Crippen LogP contribution in [0.25, 0.3) is 16.0 Å². The Morgan fingerprint density at radius 1 is 0.932 bits per heavy atom. The molecule has 4 heterocycles. The van der Waals surface area contributed by atoms with Crippen LogP contribution in [0.1, 0.15) is 12.0 Å². The maximum Gasteiger partial charge on any atom is 0.272 e. The number of piperazine rings is 1. The van der Waals surface area contributed by atoms with E-state index in [1.54, 1.807) is 21.3 Å². The highest BCUT2D eigenvalue weighted by Crippen LogP contribution is 2.28. The molecule has 6 rings (SSSR count). The van der Waals surface area contributed by atoms with Gasteiger partial charge in [0.05, 0.1) is 12.9 Å². The largest absolute Gasteiger partial charge is 0.382 e. The molecule has 1 aliphatic heterocycles. The summed E-state index contributed by atoms with van der Waals surface area (Å²) < 4.78 is 47.4. The zero-order chi connectivity index (χ0) is 30.8. The Morgan fingerprint density at radius 3 is 2.36 bits per heavy atom. The molecule has 1 unspecified atom stereocenters. The molecule has 0 saturated carbocycles. The van der Waals surface area contributed by atoms with Gasteiger partial charge >= 0.3 is 0 Å². The Bertz CT molecular complexity index is 1870. The minimum atomic E-state index is -1.65. The summed E-state index contributed by atoms with van der Waals surface area (Å²) in [6, 6.07) is 9.07. The highest BCUT2D eigenvalue weighted by atomic mass is 32.1. The Hall–Kier alpha value is -3.76. The second-order valence-corrected chi connectivity index (χ2v) is 12.4. The van der Waals surface area contributed by atoms with Crippen molar-refractivity contribution >= 4 is 33.9 Å². The first-order chi connectivity index (χ1) is 21.2. The number of rotatable bonds is 10. The summed E-state index contributed by atoms with van der Waals surface area (Å²) in [6.45, 7) is 4.04. The van der Waals surface area contributed by atoms with Crippen molar-refractivity contribution in [1.29, 1.82) is 0 Å². The SMILES string of the molecule is O=c1c2sc(=S)n(-c3ccc(F)cc3)c2ncn1CCCN1CCN(CC(O)(Cn2cncn2)c2ccc(F)cc2F)CC1. The van der Waals surface area contributed by atoms with Crippen LogP contribution < -0.4 is 5.56 Å². The third kappa shape index (κ3) is 6.37. The van der Waals surface area contributed by atoms with Gasteiger partial charge in [-0.25, -0.2) is 27.8 Å². The Labute approximate surface area is 259 Å². The molecule has 2 aromatic carbocycles. The van der Waals surface area contributed by atoms with Crippen LogP contribution in [0.2, 0.25) is 0 Å². The van der Waals surface area contributed by atoms with Gasteiger partial charge in [-0.15, -0.1) is 0 Å². The standard InChI is InChI=1S/C29H29F3N8O2S2/c30-20-2-5-22(6-3-20)40-26-25(44-28(40)43)27(41)38(19-34-26)9-1-8-36-10-12-37(13-11-36)15-29(42,16-39-18-33-17-35-39)23-7-4-21(31)14-24(23)32/h2-7,14,17-19,42H,1,8-13,15-16H2. The van der Waals surface area contributed by atoms with Crippen LogP contribution in [-0.2, 0) is 18.7 Å². The number of aromatic nitrogens is 6. The summed E-state index contributed by atoms with van der Waals surface area (Å²) in [5, 5.41) is 15.7. The third-order valence-electron chi connectivity index (χ3n) is 7.79. The fraction of sp³-hybridized carbons (Fsp3) is 0.345. The number of benzene rings is 2. The number of halogens is 3. The number of hydrogen-bond acceptors (Lipinski definition) is 9. The Balaban J connectivity index is 1.07. The van der Waals surface area contributed by atoms with Crippen molar-refractivity contribution in [3.8, 4) is 5.69 Å². The van der Waals surface area contributed by atoms with E-state index in [0.29, 0.717) is 46.0 Å². The Kier molecular flexibility index (Phi) is 8.73. The van der Waals surface area contributed by atoms with E-state index in [9.17, 15) is 23.1 Å². The van der Waals surface area contributed by atoms with Crippen LogP contribution in [0.5, 0.6) is 0 Å². The number of nitrogens with zero attached hydrogens (tertiary/aromatic N) is 8. The number of aryl methyl sites for hydroxylation is 1. The normalized spacial score (nSPS) is 16.0. The maximum atomic E-state index is 14.8. The van der Waals surface area contributed by atoms with Crippen molar-refractivity contribution in [3.63, 3.8) is 0 Å². The molecule has 15 heteroatoms. The summed E-state index contributed by atoms with van der Waals surface area (Å²) in [6.07, 6.45) is 5.02. The lowest BCUT2D eigenvalue weighted by Crippen LogP contribution is -2.52. The van der Waals surface area contributed by atoms with Gasteiger partial charge in [0.1, 0.15) is 40.4 Å². The van der Waals surface area contributed by atoms with Crippen LogP contribution in [0.15, 0.2) is 66.2 Å². The second-order valence-electron chi connectivity index (χ2n) is 10.8. The summed E-state index contributed by atoms with van der Waals surface area (Å²) in [7, 11) is 0. The van der Waals surface area contributed by atoms with Gasteiger partial charge in [0.25, 0.3) is 5.56 Å². The molecule has 10 nitrogen and oxygen atoms in total. The molecular weight excluding hydrogens is 614 g/mol. The molecule has 0 aliphatic carbocycles. The fourth-order valence-corrected chi connectivity index (χ4v) is 6.92. The molecule has 1 N–H and O–H groups in total. The van der Waals surface area contributed by atoms with Crippen molar-refractivity contribution in [1.82, 2.24) is 38.7 Å². The molecule has 3 aromatic heterocycles. The molecule has 0 spiro atoms. The topological polar surface area (TPSA) is 97.2 Å². The summed E-state index contributed by atoms with van der Waals surface area (Å²) in [5.41, 5.74) is -0.720. The lowest BCUT2D eigenvalue weighted by atomic mass is 9.92. The van der Waals surface area contributed by atoms with Crippen LogP contribution in [0.3, 0.4) is 0 Å². The molecule has 44 heavy (non-hydrogen) atoms. The smallest absolute Gasteiger partial charge is 0.272 e. The van der Waals surface area contributed by atoms with Crippen molar-refractivity contribution in [2.45, 2.75) is 25.1 Å². The first-order valence-corrected chi connectivity index (χ1v) is 15.2. The van der Waals surface area contributed by atoms with Gasteiger partial charge in [0.2, 0.25) is 0 Å². The van der Waals surface area contributed by atoms with Gasteiger partial charge in [0.15, 0.2) is 9.60 Å². The summed E-state index contributed by atoms with van der Waals surface area (Å²) in [5.74, 6) is -1.89. The Morgan fingerprint density at radius 2 is 1.66 bits per heavy atom. The minimum absolute atomic E-state index is 0.00457. The van der Waals surface area contributed by atoms with Crippen molar-refractivity contribution in [2.24, 2.45) is 0 Å². The predicted octanol–water partition coefficient (Wildman–Crippen LogP) is 3.58. The van der Waals surface area contributed by atoms with E-state index in [4.69, 9.17) is 12.2 Å². The van der Waals surface area contributed by atoms with Gasteiger partial charge in [-0.05, 0) is 55.5 Å². The molecule has 0 amide bonds. The molecule has 230 valence electrons. The number of fused-ring (bicyclic) bond motifs is 1. The number of β-amino-alcohol motifs (C(OH)–C–C–N with tert-alkyl or cyclic N) is 1. The zero-order valence-corrected chi connectivity index (χ0v) is 25.2. The fourth-order valence-electron chi connectivity index (χ4n) is 5.58. The molecule has 5 aromatic rings. The highest BCUT2D eigenvalue weighted by molar-refractivity contribution is 7.73. The van der Waals surface area contributed by atoms with E-state index in [2.05, 4.69) is 24.9 Å². The van der Waals surface area contributed by atoms with Gasteiger partial charge in [-0.2, -0.15) is 5.10 Å². The molecular formula is C29H29F3N8O2S2. The molecule has 0 radical (unpaired) electrons. The van der Waals surface area contributed by atoms with Gasteiger partial charge in [-0.3, -0.25) is 18.8 Å². The van der Waals surface area contributed by atoms with E-state index in [0.717, 1.165) is 31.8 Å². The van der Waals surface area contributed by atoms with E-state index in [1.165, 1.54) is 53.2 Å². The number of thiazole rings is 1. The van der Waals surface area contributed by atoms with E-state index < -0.39 is 17.2 Å². The second kappa shape index (κ2) is 12.7. The minimum Gasteiger partial charge on any atom is -0.382 e. The molecule has 1 atom stereocenters. The molecule has 1 fully saturated rings. The maximum absolute atomic E-state index is 14.8. The van der Waals surface area contributed by atoms with Crippen LogP contribution >= 0.6 is 23.6 Å². The van der Waals surface area contributed by atoms with Crippen molar-refractivity contribution in [3.05, 3.63) is 98.8 Å². The average molecular weight is 643 g/mol. The average Bonchev–Trinajstić information content (AvgIpc) is 3.63. The first kappa shape index (κ1) is 30.3. The third-order valence-corrected chi connectivity index (χ3v) is 9.14. The van der Waals surface area contributed by atoms with E-state index >= 15 is 0 Å². The zero-order valence-electron chi connectivity index (χ0n) is 23.5. The number of aliphatic hydroxyl groups is 1. The van der Waals surface area contributed by atoms with E-state index in [1.807, 2.05) is 0 Å². The molecule has 0 bridgehead atoms. The van der Waals surface area contributed by atoms with Crippen LogP contribution in [-0.4, -0.2) is 83.1 Å². The number of hydrogen-bond donors (Lipinski definition) is 1. The van der Waals surface area contributed by atoms with Crippen LogP contribution in [0.4, 0.5) is 13.2 Å². The highest BCUT2D eigenvalue weighted by Gasteiger charge is 2.36. The monoisotopic (exact) mass is 642 g/mol. The molecule has 1 aliphatic rings. The van der Waals surface area contributed by atoms with Gasteiger partial charge in [0, 0.05) is 56.6 Å². The van der Waals surface area contributed by atoms with Gasteiger partial charge < -0.3 is 10.0 Å². The lowest BCUT2D eigenvalue weighted by Gasteiger charge is -2.39. The van der Waals surface area contributed by atoms with E-state index in [-0.39, 0.29) is 30.0 Å². The quantitative estimate of drug-likeness (QED) is 0.231. The predicted molar refractivity (Wildman–Crippen MR) is 162 cm³/mol. The van der Waals surface area contributed by atoms with Gasteiger partial charge in [-0.1, -0.05) is 17.4 Å². The molecule has 1 saturated heterocycles. The summed E-state index contributed by atoms with van der Waals surface area (Å²) in [4.78, 5) is 26.0.